The van der Waals surface area contributed by atoms with Crippen molar-refractivity contribution in [1.82, 2.24) is 15.1 Å². The van der Waals surface area contributed by atoms with E-state index in [9.17, 15) is 4.79 Å². The van der Waals surface area contributed by atoms with Crippen LogP contribution in [0.2, 0.25) is 0 Å². The molecule has 0 aromatic heterocycles. The zero-order valence-electron chi connectivity index (χ0n) is 12.7. The topological polar surface area (TPSA) is 35.6 Å². The predicted octanol–water partition coefficient (Wildman–Crippen LogP) is 1.32. The van der Waals surface area contributed by atoms with Crippen molar-refractivity contribution < 1.29 is 4.79 Å². The van der Waals surface area contributed by atoms with Crippen LogP contribution in [0, 0.1) is 5.41 Å². The molecule has 2 rings (SSSR count). The minimum atomic E-state index is 0.257. The molecule has 2 fully saturated rings. The molecule has 0 radical (unpaired) electrons. The molecule has 1 N–H and O–H groups in total. The molecule has 19 heavy (non-hydrogen) atoms. The SMILES string of the molecule is CC(C)(C)CCC(=O)N1CCN(C2CCNC2)CC1. The summed E-state index contributed by atoms with van der Waals surface area (Å²) < 4.78 is 0. The lowest BCUT2D eigenvalue weighted by Crippen LogP contribution is -2.52. The van der Waals surface area contributed by atoms with Crippen molar-refractivity contribution in [3.8, 4) is 0 Å². The fourth-order valence-electron chi connectivity index (χ4n) is 2.93. The quantitative estimate of drug-likeness (QED) is 0.838. The van der Waals surface area contributed by atoms with Gasteiger partial charge in [0, 0.05) is 45.2 Å². The van der Waals surface area contributed by atoms with E-state index in [4.69, 9.17) is 0 Å². The lowest BCUT2D eigenvalue weighted by atomic mass is 9.90. The molecular weight excluding hydrogens is 238 g/mol. The van der Waals surface area contributed by atoms with Gasteiger partial charge in [0.1, 0.15) is 0 Å². The second kappa shape index (κ2) is 6.23. The number of amides is 1. The molecule has 0 aromatic carbocycles. The van der Waals surface area contributed by atoms with Crippen molar-refractivity contribution in [2.45, 2.75) is 46.1 Å². The Labute approximate surface area is 117 Å². The minimum Gasteiger partial charge on any atom is -0.340 e. The molecule has 4 heteroatoms. The van der Waals surface area contributed by atoms with Crippen LogP contribution in [0.5, 0.6) is 0 Å². The van der Waals surface area contributed by atoms with Crippen molar-refractivity contribution in [3.05, 3.63) is 0 Å². The van der Waals surface area contributed by atoms with Gasteiger partial charge in [-0.2, -0.15) is 0 Å². The Morgan fingerprint density at radius 1 is 1.21 bits per heavy atom. The largest absolute Gasteiger partial charge is 0.340 e. The number of hydrogen-bond acceptors (Lipinski definition) is 3. The maximum Gasteiger partial charge on any atom is 0.222 e. The molecular formula is C15H29N3O. The van der Waals surface area contributed by atoms with Gasteiger partial charge in [-0.15, -0.1) is 0 Å². The standard InChI is InChI=1S/C15H29N3O/c1-15(2,3)6-4-14(19)18-10-8-17(9-11-18)13-5-7-16-12-13/h13,16H,4-12H2,1-3H3. The first-order valence-electron chi connectivity index (χ1n) is 7.68. The third kappa shape index (κ3) is 4.46. The molecule has 0 spiro atoms. The molecule has 2 aliphatic rings. The first kappa shape index (κ1) is 14.8. The third-order valence-electron chi connectivity index (χ3n) is 4.31. The highest BCUT2D eigenvalue weighted by atomic mass is 16.2. The molecule has 2 saturated heterocycles. The third-order valence-corrected chi connectivity index (χ3v) is 4.31. The molecule has 2 heterocycles. The van der Waals surface area contributed by atoms with Crippen molar-refractivity contribution in [2.75, 3.05) is 39.3 Å². The maximum absolute atomic E-state index is 12.2. The molecule has 4 nitrogen and oxygen atoms in total. The van der Waals surface area contributed by atoms with E-state index in [1.54, 1.807) is 0 Å². The van der Waals surface area contributed by atoms with Gasteiger partial charge in [0.15, 0.2) is 0 Å². The van der Waals surface area contributed by atoms with Crippen molar-refractivity contribution >= 4 is 5.91 Å². The summed E-state index contributed by atoms with van der Waals surface area (Å²) >= 11 is 0. The molecule has 1 atom stereocenters. The summed E-state index contributed by atoms with van der Waals surface area (Å²) in [6, 6.07) is 0.701. The summed E-state index contributed by atoms with van der Waals surface area (Å²) in [6.45, 7) is 12.8. The zero-order valence-corrected chi connectivity index (χ0v) is 12.7. The summed E-state index contributed by atoms with van der Waals surface area (Å²) in [5.41, 5.74) is 0.257. The number of piperazine rings is 1. The van der Waals surface area contributed by atoms with Crippen molar-refractivity contribution in [1.29, 1.82) is 0 Å². The fourth-order valence-corrected chi connectivity index (χ4v) is 2.93. The van der Waals surface area contributed by atoms with E-state index in [1.807, 2.05) is 0 Å². The van der Waals surface area contributed by atoms with Gasteiger partial charge in [0.25, 0.3) is 0 Å². The summed E-state index contributed by atoms with van der Waals surface area (Å²) in [5.74, 6) is 0.346. The lowest BCUT2D eigenvalue weighted by molar-refractivity contribution is -0.133. The van der Waals surface area contributed by atoms with E-state index in [0.717, 1.165) is 45.7 Å². The average Bonchev–Trinajstić information content (AvgIpc) is 2.89. The monoisotopic (exact) mass is 267 g/mol. The number of carbonyl (C=O) groups excluding carboxylic acids is 1. The van der Waals surface area contributed by atoms with Crippen LogP contribution >= 0.6 is 0 Å². The van der Waals surface area contributed by atoms with Crippen LogP contribution < -0.4 is 5.32 Å². The minimum absolute atomic E-state index is 0.257. The van der Waals surface area contributed by atoms with Gasteiger partial charge in [0.2, 0.25) is 5.91 Å². The Balaban J connectivity index is 1.71. The average molecular weight is 267 g/mol. The second-order valence-electron chi connectivity index (χ2n) is 7.12. The van der Waals surface area contributed by atoms with Gasteiger partial charge < -0.3 is 10.2 Å². The maximum atomic E-state index is 12.2. The van der Waals surface area contributed by atoms with Gasteiger partial charge in [-0.05, 0) is 24.8 Å². The Kier molecular flexibility index (Phi) is 4.85. The molecule has 0 aromatic rings. The fraction of sp³-hybridized carbons (Fsp3) is 0.933. The summed E-state index contributed by atoms with van der Waals surface area (Å²) in [7, 11) is 0. The highest BCUT2D eigenvalue weighted by molar-refractivity contribution is 5.76. The lowest BCUT2D eigenvalue weighted by Gasteiger charge is -2.38. The first-order chi connectivity index (χ1) is 8.96. The Morgan fingerprint density at radius 3 is 2.42 bits per heavy atom. The Bertz CT molecular complexity index is 297. The zero-order chi connectivity index (χ0) is 13.9. The molecule has 110 valence electrons. The van der Waals surface area contributed by atoms with Crippen LogP contribution in [0.1, 0.15) is 40.0 Å². The second-order valence-corrected chi connectivity index (χ2v) is 7.12. The Hall–Kier alpha value is -0.610. The van der Waals surface area contributed by atoms with Gasteiger partial charge in [-0.1, -0.05) is 20.8 Å². The summed E-state index contributed by atoms with van der Waals surface area (Å²) in [5, 5.41) is 3.42. The van der Waals surface area contributed by atoms with Gasteiger partial charge >= 0.3 is 0 Å². The van der Waals surface area contributed by atoms with E-state index in [-0.39, 0.29) is 5.41 Å². The molecule has 1 amide bonds. The van der Waals surface area contributed by atoms with Crippen LogP contribution in [0.25, 0.3) is 0 Å². The first-order valence-corrected chi connectivity index (χ1v) is 7.68. The summed E-state index contributed by atoms with van der Waals surface area (Å²) in [6.07, 6.45) is 2.95. The van der Waals surface area contributed by atoms with Crippen LogP contribution in [0.15, 0.2) is 0 Å². The van der Waals surface area contributed by atoms with Crippen molar-refractivity contribution in [2.24, 2.45) is 5.41 Å². The number of nitrogens with one attached hydrogen (secondary N) is 1. The highest BCUT2D eigenvalue weighted by Gasteiger charge is 2.27. The molecule has 0 aliphatic carbocycles. The normalized spacial score (nSPS) is 25.8. The van der Waals surface area contributed by atoms with E-state index in [1.165, 1.54) is 6.42 Å². The number of hydrogen-bond donors (Lipinski definition) is 1. The number of carbonyl (C=O) groups is 1. The van der Waals surface area contributed by atoms with Crippen LogP contribution in [-0.2, 0) is 4.79 Å². The number of rotatable bonds is 3. The predicted molar refractivity (Wildman–Crippen MR) is 78.1 cm³/mol. The van der Waals surface area contributed by atoms with Crippen molar-refractivity contribution in [3.63, 3.8) is 0 Å². The number of nitrogens with zero attached hydrogens (tertiary/aromatic N) is 2. The van der Waals surface area contributed by atoms with Crippen LogP contribution in [0.3, 0.4) is 0 Å². The van der Waals surface area contributed by atoms with E-state index in [2.05, 4.69) is 35.9 Å². The molecule has 1 unspecified atom stereocenters. The molecule has 0 saturated carbocycles. The van der Waals surface area contributed by atoms with Gasteiger partial charge in [-0.25, -0.2) is 0 Å². The smallest absolute Gasteiger partial charge is 0.222 e. The van der Waals surface area contributed by atoms with E-state index >= 15 is 0 Å². The molecule has 2 aliphatic heterocycles. The summed E-state index contributed by atoms with van der Waals surface area (Å²) in [4.78, 5) is 16.8. The molecule has 0 bridgehead atoms. The van der Waals surface area contributed by atoms with E-state index in [0.29, 0.717) is 18.4 Å². The highest BCUT2D eigenvalue weighted by Crippen LogP contribution is 2.21. The van der Waals surface area contributed by atoms with Crippen LogP contribution in [-0.4, -0.2) is 61.0 Å². The van der Waals surface area contributed by atoms with E-state index < -0.39 is 0 Å². The Morgan fingerprint density at radius 2 is 1.89 bits per heavy atom. The van der Waals surface area contributed by atoms with Gasteiger partial charge in [-0.3, -0.25) is 9.69 Å². The van der Waals surface area contributed by atoms with Gasteiger partial charge in [0.05, 0.1) is 0 Å². The van der Waals surface area contributed by atoms with Crippen LogP contribution in [0.4, 0.5) is 0 Å².